The molecule has 2 aliphatic rings. The van der Waals surface area contributed by atoms with Crippen LogP contribution in [0.15, 0.2) is 41.5 Å². The van der Waals surface area contributed by atoms with Crippen LogP contribution < -0.4 is 5.43 Å². The molecule has 6 nitrogen and oxygen atoms in total. The number of rotatable bonds is 6. The van der Waals surface area contributed by atoms with Crippen LogP contribution in [0.25, 0.3) is 10.9 Å². The minimum Gasteiger partial charge on any atom is -0.455 e. The number of ether oxygens (including phenoxy) is 1. The smallest absolute Gasteiger partial charge is 0.306 e. The van der Waals surface area contributed by atoms with Crippen LogP contribution in [-0.2, 0) is 20.7 Å². The van der Waals surface area contributed by atoms with E-state index in [1.165, 1.54) is 6.42 Å². The maximum absolute atomic E-state index is 12.1. The van der Waals surface area contributed by atoms with E-state index in [0.29, 0.717) is 12.3 Å². The van der Waals surface area contributed by atoms with Crippen molar-refractivity contribution in [2.75, 3.05) is 6.61 Å². The van der Waals surface area contributed by atoms with Crippen LogP contribution in [0, 0.1) is 16.7 Å². The lowest BCUT2D eigenvalue weighted by atomic mass is 9.70. The van der Waals surface area contributed by atoms with Crippen LogP contribution >= 0.6 is 0 Å². The molecule has 158 valence electrons. The third-order valence-corrected chi connectivity index (χ3v) is 7.43. The van der Waals surface area contributed by atoms with Gasteiger partial charge in [-0.3, -0.25) is 14.6 Å². The Morgan fingerprint density at radius 2 is 2.00 bits per heavy atom. The second-order valence-electron chi connectivity index (χ2n) is 9.24. The molecule has 1 N–H and O–H groups in total. The molecule has 0 saturated heterocycles. The number of aryl methyl sites for hydroxylation is 1. The summed E-state index contributed by atoms with van der Waals surface area (Å²) >= 11 is 0. The normalized spacial score (nSPS) is 25.6. The van der Waals surface area contributed by atoms with Crippen LogP contribution in [-0.4, -0.2) is 29.2 Å². The van der Waals surface area contributed by atoms with Crippen molar-refractivity contribution in [1.29, 1.82) is 0 Å². The Kier molecular flexibility index (Phi) is 5.35. The lowest BCUT2D eigenvalue weighted by Crippen LogP contribution is -2.34. The summed E-state index contributed by atoms with van der Waals surface area (Å²) in [7, 11) is 0. The molecule has 0 aliphatic heterocycles. The van der Waals surface area contributed by atoms with E-state index in [4.69, 9.17) is 4.74 Å². The molecule has 30 heavy (non-hydrogen) atoms. The van der Waals surface area contributed by atoms with Crippen LogP contribution in [0.3, 0.4) is 0 Å². The van der Waals surface area contributed by atoms with Gasteiger partial charge in [-0.25, -0.2) is 5.43 Å². The maximum atomic E-state index is 12.1. The molecule has 1 aromatic heterocycles. The highest BCUT2D eigenvalue weighted by Gasteiger charge is 2.60. The molecule has 0 spiro atoms. The highest BCUT2D eigenvalue weighted by molar-refractivity contribution is 5.95. The number of hydrogen-bond donors (Lipinski definition) is 1. The zero-order valence-electron chi connectivity index (χ0n) is 17.9. The second-order valence-corrected chi connectivity index (χ2v) is 9.24. The van der Waals surface area contributed by atoms with Crippen molar-refractivity contribution in [2.24, 2.45) is 21.8 Å². The first-order chi connectivity index (χ1) is 14.3. The number of nitrogens with one attached hydrogen (secondary N) is 1. The molecule has 2 bridgehead atoms. The van der Waals surface area contributed by atoms with E-state index < -0.39 is 11.9 Å². The monoisotopic (exact) mass is 407 g/mol. The van der Waals surface area contributed by atoms with Gasteiger partial charge in [0.25, 0.3) is 5.91 Å². The van der Waals surface area contributed by atoms with Crippen molar-refractivity contribution in [3.63, 3.8) is 0 Å². The molecule has 6 heteroatoms. The van der Waals surface area contributed by atoms with E-state index in [1.807, 2.05) is 36.4 Å². The van der Waals surface area contributed by atoms with Crippen molar-refractivity contribution < 1.29 is 14.3 Å². The number of hydrazone groups is 1. The number of nitrogens with zero attached hydrogens (tertiary/aromatic N) is 2. The van der Waals surface area contributed by atoms with Crippen molar-refractivity contribution in [2.45, 2.75) is 52.9 Å². The van der Waals surface area contributed by atoms with Gasteiger partial charge in [0.2, 0.25) is 0 Å². The van der Waals surface area contributed by atoms with Crippen molar-refractivity contribution in [3.8, 4) is 0 Å². The van der Waals surface area contributed by atoms with E-state index in [-0.39, 0.29) is 23.9 Å². The fourth-order valence-corrected chi connectivity index (χ4v) is 4.96. The number of fused-ring (bicyclic) bond motifs is 3. The molecule has 1 heterocycles. The third kappa shape index (κ3) is 3.71. The molecular formula is C24H29N3O3. The molecule has 2 aromatic rings. The molecular weight excluding hydrogens is 378 g/mol. The summed E-state index contributed by atoms with van der Waals surface area (Å²) < 4.78 is 5.11. The Hall–Kier alpha value is -2.76. The van der Waals surface area contributed by atoms with Gasteiger partial charge in [0.1, 0.15) is 0 Å². The van der Waals surface area contributed by atoms with Crippen LogP contribution in [0.2, 0.25) is 0 Å². The predicted octanol–water partition coefficient (Wildman–Crippen LogP) is 4.03. The Morgan fingerprint density at radius 1 is 1.20 bits per heavy atom. The van der Waals surface area contributed by atoms with Gasteiger partial charge in [0.15, 0.2) is 6.61 Å². The molecule has 1 aromatic carbocycles. The molecule has 4 rings (SSSR count). The van der Waals surface area contributed by atoms with Crippen LogP contribution in [0.4, 0.5) is 0 Å². The largest absolute Gasteiger partial charge is 0.455 e. The minimum atomic E-state index is -0.416. The number of benzene rings is 1. The summed E-state index contributed by atoms with van der Waals surface area (Å²) in [5.74, 6) is -0.190. The number of carbonyl (C=O) groups is 2. The Balaban J connectivity index is 1.23. The number of pyridine rings is 1. The fraction of sp³-hybridized carbons (Fsp3) is 0.500. The molecule has 2 saturated carbocycles. The number of amides is 1. The molecule has 1 amide bonds. The highest BCUT2D eigenvalue weighted by atomic mass is 16.5. The SMILES string of the molecule is CC12CCC(C/C1=N/NC(=O)COC(=O)CCc1ccc3ccccc3n1)C2(C)C. The van der Waals surface area contributed by atoms with Gasteiger partial charge in [-0.05, 0) is 42.7 Å². The highest BCUT2D eigenvalue weighted by Crippen LogP contribution is 2.63. The van der Waals surface area contributed by atoms with E-state index in [0.717, 1.165) is 35.2 Å². The van der Waals surface area contributed by atoms with E-state index >= 15 is 0 Å². The summed E-state index contributed by atoms with van der Waals surface area (Å²) in [6.45, 7) is 6.51. The second kappa shape index (κ2) is 7.82. The standard InChI is InChI=1S/C24H29N3O3/c1-23(2)17-12-13-24(23,3)20(14-17)26-27-21(28)15-30-22(29)11-10-18-9-8-16-6-4-5-7-19(16)25-18/h4-9,17H,10-15H2,1-3H3,(H,27,28)/b26-20-. The molecule has 2 fully saturated rings. The number of hydrogen-bond acceptors (Lipinski definition) is 5. The Bertz CT molecular complexity index is 1010. The first-order valence-corrected chi connectivity index (χ1v) is 10.7. The number of carbonyl (C=O) groups excluding carboxylic acids is 2. The summed E-state index contributed by atoms with van der Waals surface area (Å²) in [5.41, 5.74) is 5.62. The number of aromatic nitrogens is 1. The van der Waals surface area contributed by atoms with Gasteiger partial charge >= 0.3 is 5.97 Å². The van der Waals surface area contributed by atoms with Crippen molar-refractivity contribution in [1.82, 2.24) is 10.4 Å². The maximum Gasteiger partial charge on any atom is 0.306 e. The molecule has 2 atom stereocenters. The third-order valence-electron chi connectivity index (χ3n) is 7.43. The first-order valence-electron chi connectivity index (χ1n) is 10.7. The van der Waals surface area contributed by atoms with Crippen LogP contribution in [0.1, 0.15) is 52.1 Å². The van der Waals surface area contributed by atoms with E-state index in [2.05, 4.69) is 36.3 Å². The van der Waals surface area contributed by atoms with Crippen molar-refractivity contribution >= 4 is 28.5 Å². The summed E-state index contributed by atoms with van der Waals surface area (Å²) in [6, 6.07) is 11.8. The quantitative estimate of drug-likeness (QED) is 0.579. The van der Waals surface area contributed by atoms with Gasteiger partial charge < -0.3 is 4.74 Å². The van der Waals surface area contributed by atoms with Gasteiger partial charge in [0.05, 0.1) is 11.9 Å². The minimum absolute atomic E-state index is 0.0362. The van der Waals surface area contributed by atoms with Gasteiger partial charge in [-0.2, -0.15) is 5.10 Å². The molecule has 0 radical (unpaired) electrons. The lowest BCUT2D eigenvalue weighted by Gasteiger charge is -2.34. The van der Waals surface area contributed by atoms with E-state index in [1.54, 1.807) is 0 Å². The average Bonchev–Trinajstić information content (AvgIpc) is 3.08. The Labute approximate surface area is 177 Å². The predicted molar refractivity (Wildman–Crippen MR) is 116 cm³/mol. The van der Waals surface area contributed by atoms with Gasteiger partial charge in [-0.15, -0.1) is 0 Å². The van der Waals surface area contributed by atoms with Gasteiger partial charge in [0, 0.05) is 28.6 Å². The Morgan fingerprint density at radius 3 is 2.73 bits per heavy atom. The van der Waals surface area contributed by atoms with E-state index in [9.17, 15) is 9.59 Å². The molecule has 2 unspecified atom stereocenters. The fourth-order valence-electron chi connectivity index (χ4n) is 4.96. The summed E-state index contributed by atoms with van der Waals surface area (Å²) in [6.07, 6.45) is 3.92. The first kappa shape index (κ1) is 20.5. The molecule has 2 aliphatic carbocycles. The number of para-hydroxylation sites is 1. The number of esters is 1. The average molecular weight is 408 g/mol. The zero-order valence-corrected chi connectivity index (χ0v) is 17.9. The topological polar surface area (TPSA) is 80.6 Å². The summed E-state index contributed by atoms with van der Waals surface area (Å²) in [4.78, 5) is 28.7. The summed E-state index contributed by atoms with van der Waals surface area (Å²) in [5, 5.41) is 5.45. The van der Waals surface area contributed by atoms with Crippen molar-refractivity contribution in [3.05, 3.63) is 42.1 Å². The van der Waals surface area contributed by atoms with Crippen LogP contribution in [0.5, 0.6) is 0 Å². The zero-order chi connectivity index (χ0) is 21.4. The van der Waals surface area contributed by atoms with Gasteiger partial charge in [-0.1, -0.05) is 45.0 Å². The lowest BCUT2D eigenvalue weighted by molar-refractivity contribution is -0.148.